The van der Waals surface area contributed by atoms with Gasteiger partial charge in [0.25, 0.3) is 5.56 Å². The summed E-state index contributed by atoms with van der Waals surface area (Å²) in [6, 6.07) is 7.41. The lowest BCUT2D eigenvalue weighted by atomic mass is 9.86. The number of furan rings is 1. The number of nitrogens with one attached hydrogen (secondary N) is 1. The maximum absolute atomic E-state index is 12.9. The number of ether oxygens (including phenoxy) is 1. The second-order valence-corrected chi connectivity index (χ2v) is 8.61. The lowest BCUT2D eigenvalue weighted by molar-refractivity contribution is -0.123. The van der Waals surface area contributed by atoms with Crippen molar-refractivity contribution < 1.29 is 13.9 Å². The van der Waals surface area contributed by atoms with Crippen LogP contribution in [0.2, 0.25) is 0 Å². The SMILES string of the molecule is O=C(Cn1cnc2c(oc3ccccc32)c1=O)NCC1(N2CCCCC2)CCOCC1. The summed E-state index contributed by atoms with van der Waals surface area (Å²) in [5, 5.41) is 3.89. The van der Waals surface area contributed by atoms with Crippen LogP contribution in [0.5, 0.6) is 0 Å². The number of carbonyl (C=O) groups is 1. The fourth-order valence-corrected chi connectivity index (χ4v) is 4.93. The van der Waals surface area contributed by atoms with E-state index in [4.69, 9.17) is 9.15 Å². The molecule has 1 N–H and O–H groups in total. The van der Waals surface area contributed by atoms with Crippen molar-refractivity contribution >= 4 is 28.0 Å². The maximum atomic E-state index is 12.9. The van der Waals surface area contributed by atoms with Crippen LogP contribution in [-0.4, -0.2) is 58.7 Å². The number of benzene rings is 1. The van der Waals surface area contributed by atoms with E-state index in [2.05, 4.69) is 15.2 Å². The minimum Gasteiger partial charge on any atom is -0.448 e. The predicted molar refractivity (Wildman–Crippen MR) is 117 cm³/mol. The Labute approximate surface area is 180 Å². The largest absolute Gasteiger partial charge is 0.448 e. The molecule has 0 spiro atoms. The Morgan fingerprint density at radius 1 is 1.13 bits per heavy atom. The Morgan fingerprint density at radius 3 is 2.71 bits per heavy atom. The van der Waals surface area contributed by atoms with E-state index in [1.54, 1.807) is 6.07 Å². The normalized spacial score (nSPS) is 19.6. The average molecular weight is 425 g/mol. The quantitative estimate of drug-likeness (QED) is 0.676. The van der Waals surface area contributed by atoms with Crippen LogP contribution >= 0.6 is 0 Å². The number of aromatic nitrogens is 2. The second-order valence-electron chi connectivity index (χ2n) is 8.61. The van der Waals surface area contributed by atoms with Gasteiger partial charge in [-0.05, 0) is 50.9 Å². The van der Waals surface area contributed by atoms with Gasteiger partial charge in [0.2, 0.25) is 11.5 Å². The van der Waals surface area contributed by atoms with Gasteiger partial charge in [0.15, 0.2) is 0 Å². The minimum atomic E-state index is -0.340. The number of amides is 1. The molecule has 1 amide bonds. The molecule has 2 aliphatic heterocycles. The molecule has 31 heavy (non-hydrogen) atoms. The maximum Gasteiger partial charge on any atom is 0.297 e. The summed E-state index contributed by atoms with van der Waals surface area (Å²) in [7, 11) is 0. The number of fused-ring (bicyclic) bond motifs is 3. The molecule has 2 saturated heterocycles. The first-order chi connectivity index (χ1) is 15.2. The summed E-state index contributed by atoms with van der Waals surface area (Å²) in [5.74, 6) is -0.192. The Bertz CT molecular complexity index is 1140. The molecule has 1 aromatic carbocycles. The molecule has 5 rings (SSSR count). The van der Waals surface area contributed by atoms with Gasteiger partial charge in [-0.3, -0.25) is 19.1 Å². The van der Waals surface area contributed by atoms with Gasteiger partial charge in [-0.2, -0.15) is 0 Å². The number of hydrogen-bond acceptors (Lipinski definition) is 6. The number of carbonyl (C=O) groups excluding carboxylic acids is 1. The zero-order valence-corrected chi connectivity index (χ0v) is 17.6. The second kappa shape index (κ2) is 8.43. The fraction of sp³-hybridized carbons (Fsp3) is 0.522. The minimum absolute atomic E-state index is 0.0553. The summed E-state index contributed by atoms with van der Waals surface area (Å²) in [6.07, 6.45) is 6.94. The molecule has 0 unspecified atom stereocenters. The van der Waals surface area contributed by atoms with E-state index in [1.165, 1.54) is 30.2 Å². The lowest BCUT2D eigenvalue weighted by Gasteiger charge is -2.48. The monoisotopic (exact) mass is 424 g/mol. The van der Waals surface area contributed by atoms with Crippen molar-refractivity contribution in [2.45, 2.75) is 44.2 Å². The van der Waals surface area contributed by atoms with Crippen LogP contribution in [0, 0.1) is 0 Å². The van der Waals surface area contributed by atoms with Gasteiger partial charge in [-0.1, -0.05) is 18.6 Å². The molecule has 2 aromatic heterocycles. The van der Waals surface area contributed by atoms with Crippen molar-refractivity contribution in [3.05, 3.63) is 40.9 Å². The molecule has 8 heteroatoms. The summed E-state index contributed by atoms with van der Waals surface area (Å²) in [4.78, 5) is 32.6. The number of nitrogens with zero attached hydrogens (tertiary/aromatic N) is 3. The van der Waals surface area contributed by atoms with Crippen molar-refractivity contribution in [3.8, 4) is 0 Å². The van der Waals surface area contributed by atoms with Gasteiger partial charge in [-0.25, -0.2) is 4.98 Å². The summed E-state index contributed by atoms with van der Waals surface area (Å²) < 4.78 is 12.6. The zero-order chi connectivity index (χ0) is 21.3. The van der Waals surface area contributed by atoms with Gasteiger partial charge in [0, 0.05) is 30.7 Å². The van der Waals surface area contributed by atoms with Gasteiger partial charge < -0.3 is 14.5 Å². The molecule has 0 atom stereocenters. The molecular weight excluding hydrogens is 396 g/mol. The van der Waals surface area contributed by atoms with Crippen molar-refractivity contribution in [2.75, 3.05) is 32.8 Å². The Hall–Kier alpha value is -2.71. The topological polar surface area (TPSA) is 89.6 Å². The van der Waals surface area contributed by atoms with E-state index in [9.17, 15) is 9.59 Å². The summed E-state index contributed by atoms with van der Waals surface area (Å²) >= 11 is 0. The third kappa shape index (κ3) is 3.85. The highest BCUT2D eigenvalue weighted by Crippen LogP contribution is 2.30. The fourth-order valence-electron chi connectivity index (χ4n) is 4.93. The van der Waals surface area contributed by atoms with E-state index in [-0.39, 0.29) is 29.1 Å². The van der Waals surface area contributed by atoms with Crippen LogP contribution in [-0.2, 0) is 16.1 Å². The number of para-hydroxylation sites is 1. The highest BCUT2D eigenvalue weighted by molar-refractivity contribution is 6.01. The van der Waals surface area contributed by atoms with Gasteiger partial charge in [0.1, 0.15) is 17.6 Å². The summed E-state index contributed by atoms with van der Waals surface area (Å²) in [6.45, 7) is 4.08. The molecule has 0 aliphatic carbocycles. The van der Waals surface area contributed by atoms with Crippen LogP contribution in [0.4, 0.5) is 0 Å². The third-order valence-corrected chi connectivity index (χ3v) is 6.73. The van der Waals surface area contributed by atoms with Crippen LogP contribution in [0.1, 0.15) is 32.1 Å². The Morgan fingerprint density at radius 2 is 1.90 bits per heavy atom. The van der Waals surface area contributed by atoms with Crippen molar-refractivity contribution in [2.24, 2.45) is 0 Å². The van der Waals surface area contributed by atoms with Crippen molar-refractivity contribution in [1.82, 2.24) is 19.8 Å². The molecule has 2 aliphatic rings. The number of rotatable bonds is 5. The highest BCUT2D eigenvalue weighted by atomic mass is 16.5. The number of piperidine rings is 1. The van der Waals surface area contributed by atoms with Crippen molar-refractivity contribution in [1.29, 1.82) is 0 Å². The molecule has 2 fully saturated rings. The van der Waals surface area contributed by atoms with E-state index in [1.807, 2.05) is 18.2 Å². The Kier molecular flexibility index (Phi) is 5.50. The summed E-state index contributed by atoms with van der Waals surface area (Å²) in [5.41, 5.74) is 0.940. The van der Waals surface area contributed by atoms with Gasteiger partial charge >= 0.3 is 0 Å². The molecule has 3 aromatic rings. The predicted octanol–water partition coefficient (Wildman–Crippen LogP) is 2.29. The van der Waals surface area contributed by atoms with Crippen LogP contribution < -0.4 is 10.9 Å². The van der Waals surface area contributed by atoms with Crippen LogP contribution in [0.25, 0.3) is 22.1 Å². The molecule has 0 bridgehead atoms. The van der Waals surface area contributed by atoms with E-state index in [0.717, 1.165) is 44.5 Å². The zero-order valence-electron chi connectivity index (χ0n) is 17.6. The van der Waals surface area contributed by atoms with E-state index >= 15 is 0 Å². The Balaban J connectivity index is 1.31. The highest BCUT2D eigenvalue weighted by Gasteiger charge is 2.39. The first-order valence-corrected chi connectivity index (χ1v) is 11.1. The molecule has 0 saturated carbocycles. The first kappa shape index (κ1) is 20.2. The number of hydrogen-bond donors (Lipinski definition) is 1. The average Bonchev–Trinajstić information content (AvgIpc) is 3.20. The molecule has 164 valence electrons. The van der Waals surface area contributed by atoms with E-state index < -0.39 is 0 Å². The standard InChI is InChI=1S/C23H28N4O4/c28-19(24-15-23(8-12-30-13-9-23)27-10-4-1-5-11-27)14-26-16-25-20-17-6-2-3-7-18(17)31-21(20)22(26)29/h2-3,6-7,16H,1,4-5,8-15H2,(H,24,28). The van der Waals surface area contributed by atoms with Gasteiger partial charge in [-0.15, -0.1) is 0 Å². The third-order valence-electron chi connectivity index (χ3n) is 6.73. The lowest BCUT2D eigenvalue weighted by Crippen LogP contribution is -2.59. The van der Waals surface area contributed by atoms with Crippen molar-refractivity contribution in [3.63, 3.8) is 0 Å². The van der Waals surface area contributed by atoms with E-state index in [0.29, 0.717) is 17.6 Å². The molecule has 0 radical (unpaired) electrons. The molecule has 8 nitrogen and oxygen atoms in total. The molecular formula is C23H28N4O4. The molecule has 4 heterocycles. The van der Waals surface area contributed by atoms with Crippen LogP contribution in [0.3, 0.4) is 0 Å². The number of likely N-dealkylation sites (tertiary alicyclic amines) is 1. The van der Waals surface area contributed by atoms with Gasteiger partial charge in [0.05, 0.1) is 6.33 Å². The van der Waals surface area contributed by atoms with Crippen LogP contribution in [0.15, 0.2) is 39.8 Å². The first-order valence-electron chi connectivity index (χ1n) is 11.1. The smallest absolute Gasteiger partial charge is 0.297 e.